The summed E-state index contributed by atoms with van der Waals surface area (Å²) >= 11 is 0. The molecule has 12 heterocycles. The number of fused-ring (bicyclic) bond motifs is 6. The maximum Gasteiger partial charge on any atom is 0.315 e. The number of ether oxygens (including phenoxy) is 1. The average molecular weight is 1870 g/mol. The molecule has 4 N–H and O–H groups in total. The molecule has 0 radical (unpaired) electrons. The first-order valence-corrected chi connectivity index (χ1v) is 49.4. The van der Waals surface area contributed by atoms with E-state index in [0.29, 0.717) is 0 Å². The monoisotopic (exact) mass is 1860 g/mol. The lowest BCUT2D eigenvalue weighted by Gasteiger charge is -2.41. The van der Waals surface area contributed by atoms with E-state index in [1.807, 2.05) is 103 Å². The van der Waals surface area contributed by atoms with E-state index in [0.717, 1.165) is 217 Å². The molecule has 12 aromatic heterocycles. The van der Waals surface area contributed by atoms with Gasteiger partial charge in [-0.1, -0.05) is 222 Å². The number of pyridine rings is 6. The quantitative estimate of drug-likeness (QED) is 0.0486. The van der Waals surface area contributed by atoms with Gasteiger partial charge in [0.15, 0.2) is 33.9 Å². The molecule has 18 aromatic rings. The fourth-order valence-electron chi connectivity index (χ4n) is 21.2. The molecule has 7 saturated carbocycles. The number of allylic oxidation sites excluding steroid dienone is 1. The van der Waals surface area contributed by atoms with E-state index in [1.165, 1.54) is 80.3 Å². The number of aromatic nitrogens is 18. The van der Waals surface area contributed by atoms with Crippen LogP contribution in [0, 0.1) is 41.5 Å². The molecule has 0 amide bonds. The third kappa shape index (κ3) is 16.9. The Labute approximate surface area is 816 Å². The molecular formula is C116H124N18O6. The highest BCUT2D eigenvalue weighted by Gasteiger charge is 2.55. The van der Waals surface area contributed by atoms with Crippen LogP contribution in [0.5, 0.6) is 0 Å². The molecule has 0 spiro atoms. The van der Waals surface area contributed by atoms with Gasteiger partial charge in [-0.2, -0.15) is 0 Å². The van der Waals surface area contributed by atoms with Crippen molar-refractivity contribution >= 4 is 45.4 Å². The zero-order chi connectivity index (χ0) is 97.5. The Morgan fingerprint density at radius 1 is 0.350 bits per heavy atom. The minimum atomic E-state index is -0.937. The molecular weight excluding hydrogens is 1740 g/mol. The Bertz CT molecular complexity index is 7620. The Morgan fingerprint density at radius 3 is 0.943 bits per heavy atom. The Kier molecular flexibility index (Phi) is 24.6. The number of nitrogens with zero attached hydrogens (tertiary/aromatic N) is 18. The van der Waals surface area contributed by atoms with Gasteiger partial charge in [-0.25, -0.2) is 0 Å². The lowest BCUT2D eigenvalue weighted by atomic mass is 9.63. The summed E-state index contributed by atoms with van der Waals surface area (Å²) in [5.74, 6) is 5.73. The van der Waals surface area contributed by atoms with Crippen molar-refractivity contribution in [2.45, 2.75) is 247 Å². The Hall–Kier alpha value is -13.9. The minimum absolute atomic E-state index is 0.0127. The number of aliphatic hydroxyl groups excluding tert-OH is 2. The summed E-state index contributed by atoms with van der Waals surface area (Å²) in [7, 11) is 1.42. The molecule has 0 unspecified atom stereocenters. The number of carbonyl (C=O) groups is 1. The molecule has 25 rings (SSSR count). The number of hydrogen-bond donors (Lipinski definition) is 4. The fraction of sp³-hybridized carbons (Fsp3) is 0.353. The summed E-state index contributed by atoms with van der Waals surface area (Å²) in [6.45, 7) is 26.2. The molecule has 0 atom stereocenters. The van der Waals surface area contributed by atoms with Gasteiger partial charge in [0, 0.05) is 71.6 Å². The molecule has 7 aliphatic rings. The molecule has 0 aliphatic heterocycles. The van der Waals surface area contributed by atoms with E-state index in [1.54, 1.807) is 13.8 Å². The average Bonchev–Trinajstić information content (AvgIpc) is 1.41. The second-order valence-corrected chi connectivity index (χ2v) is 41.4. The van der Waals surface area contributed by atoms with Crippen LogP contribution in [0.1, 0.15) is 279 Å². The van der Waals surface area contributed by atoms with Crippen molar-refractivity contribution in [3.63, 3.8) is 0 Å². The summed E-state index contributed by atoms with van der Waals surface area (Å²) < 4.78 is 17.5. The van der Waals surface area contributed by atoms with Crippen LogP contribution in [0.25, 0.3) is 39.5 Å². The second-order valence-electron chi connectivity index (χ2n) is 41.4. The molecule has 6 aromatic carbocycles. The summed E-state index contributed by atoms with van der Waals surface area (Å²) in [5, 5.41) is 93.4. The number of benzene rings is 6. The summed E-state index contributed by atoms with van der Waals surface area (Å²) in [6.07, 6.45) is 30.8. The predicted octanol–water partition coefficient (Wildman–Crippen LogP) is 20.6. The van der Waals surface area contributed by atoms with Crippen molar-refractivity contribution in [3.8, 4) is 0 Å². The van der Waals surface area contributed by atoms with Crippen molar-refractivity contribution in [2.24, 2.45) is 0 Å². The highest BCUT2D eigenvalue weighted by atomic mass is 16.5. The van der Waals surface area contributed by atoms with E-state index in [2.05, 4.69) is 309 Å². The maximum atomic E-state index is 12.3. The second kappa shape index (κ2) is 36.7. The Balaban J connectivity index is 0.000000103. The molecule has 0 saturated heterocycles. The lowest BCUT2D eigenvalue weighted by molar-refractivity contribution is -0.146. The van der Waals surface area contributed by atoms with Crippen LogP contribution in [0.3, 0.4) is 0 Å². The molecule has 7 fully saturated rings. The third-order valence-electron chi connectivity index (χ3n) is 30.9. The van der Waals surface area contributed by atoms with Gasteiger partial charge in [0.1, 0.15) is 34.9 Å². The van der Waals surface area contributed by atoms with Gasteiger partial charge >= 0.3 is 5.97 Å². The molecule has 0 bridgehead atoms. The van der Waals surface area contributed by atoms with Crippen molar-refractivity contribution in [2.75, 3.05) is 13.7 Å². The molecule has 7 aliphatic carbocycles. The minimum Gasteiger partial charge on any atom is -0.468 e. The number of rotatable bonds is 21. The molecule has 24 nitrogen and oxygen atoms in total. The van der Waals surface area contributed by atoms with Crippen LogP contribution < -0.4 is 0 Å². The first-order valence-electron chi connectivity index (χ1n) is 49.4. The predicted molar refractivity (Wildman–Crippen MR) is 544 cm³/mol. The molecule has 714 valence electrons. The van der Waals surface area contributed by atoms with Gasteiger partial charge in [-0.3, -0.25) is 31.2 Å². The van der Waals surface area contributed by atoms with Crippen LogP contribution in [-0.2, 0) is 71.7 Å². The third-order valence-corrected chi connectivity index (χ3v) is 30.9. The van der Waals surface area contributed by atoms with Gasteiger partial charge < -0.3 is 25.2 Å². The first-order chi connectivity index (χ1) is 67.5. The van der Waals surface area contributed by atoms with E-state index < -0.39 is 16.6 Å². The van der Waals surface area contributed by atoms with Gasteiger partial charge in [0.25, 0.3) is 0 Å². The number of hydrogen-bond acceptors (Lipinski definition) is 18. The number of esters is 1. The van der Waals surface area contributed by atoms with Crippen molar-refractivity contribution in [1.29, 1.82) is 0 Å². The van der Waals surface area contributed by atoms with Crippen molar-refractivity contribution in [3.05, 3.63) is 397 Å². The van der Waals surface area contributed by atoms with Gasteiger partial charge in [0.05, 0.1) is 62.8 Å². The SMILES string of the molecule is C=C(C)c1cccn2c(C3(c4ccc(C)cc4)CC3)nnc12.COC(=O)C(C)(C)c1cccn2c(C3(c4ccc(C)cc4)CCC3)nnc12.Cc1ccc(C2(c3nnc4c(C(C)(C)O)cccn34)CC2)cc1.Cc1ccc(C2(c3nnc4c(C5(O)CCC5)cccn34)CC2)cc1.Cc1ccc(C2(c3nnc4c(CCCO)cccn34)CC2)cc1.Cc1ccc(C2(c3nnc4c(CO)cccn34)CC2)cc1. The van der Waals surface area contributed by atoms with Crippen molar-refractivity contribution < 1.29 is 30.0 Å². The van der Waals surface area contributed by atoms with E-state index in [9.17, 15) is 20.1 Å². The highest BCUT2D eigenvalue weighted by Crippen LogP contribution is 2.58. The number of aliphatic hydroxyl groups is 4. The van der Waals surface area contributed by atoms with Crippen LogP contribution >= 0.6 is 0 Å². The first kappa shape index (κ1) is 93.7. The largest absolute Gasteiger partial charge is 0.468 e. The van der Waals surface area contributed by atoms with Gasteiger partial charge in [-0.15, -0.1) is 61.2 Å². The van der Waals surface area contributed by atoms with Gasteiger partial charge in [0.2, 0.25) is 0 Å². The Morgan fingerprint density at radius 2 is 0.629 bits per heavy atom. The zero-order valence-corrected chi connectivity index (χ0v) is 82.3. The lowest BCUT2D eigenvalue weighted by Crippen LogP contribution is -2.37. The topological polar surface area (TPSA) is 288 Å². The molecule has 24 heteroatoms. The number of carbonyl (C=O) groups excluding carboxylic acids is 1. The van der Waals surface area contributed by atoms with Gasteiger partial charge in [-0.05, 0) is 272 Å². The van der Waals surface area contributed by atoms with Crippen molar-refractivity contribution in [1.82, 2.24) is 87.6 Å². The van der Waals surface area contributed by atoms with Crippen LogP contribution in [0.15, 0.2) is 262 Å². The van der Waals surface area contributed by atoms with Crippen LogP contribution in [-0.4, -0.2) is 128 Å². The summed E-state index contributed by atoms with van der Waals surface area (Å²) in [4.78, 5) is 12.3. The smallest absolute Gasteiger partial charge is 0.315 e. The summed E-state index contributed by atoms with van der Waals surface area (Å²) in [6, 6.07) is 76.3. The van der Waals surface area contributed by atoms with Crippen LogP contribution in [0.4, 0.5) is 0 Å². The number of aryl methyl sites for hydroxylation is 7. The summed E-state index contributed by atoms with van der Waals surface area (Å²) in [5.41, 5.74) is 24.4. The number of methoxy groups -OCH3 is 1. The fourth-order valence-corrected chi connectivity index (χ4v) is 21.2. The normalized spacial score (nSPS) is 17.0. The van der Waals surface area contributed by atoms with E-state index >= 15 is 0 Å². The van der Waals surface area contributed by atoms with E-state index in [4.69, 9.17) is 9.84 Å². The highest BCUT2D eigenvalue weighted by molar-refractivity contribution is 5.84. The molecule has 140 heavy (non-hydrogen) atoms. The maximum absolute atomic E-state index is 12.3. The standard InChI is InChI=1S/C22H25N3O2.C20H21N3O.2C19H21N3O.C19H19N3.C17H17N3O/c1-15-8-10-16(11-9-15)22(12-6-13-22)19-24-23-18-17(7-5-14-25(18)19)21(2,3)20(26)27-4;1-14-5-7-15(8-6-14)19(11-12-19)18-22-21-17-16(4-2-13-23(17)18)20(24)9-3-10-20;1-13-6-8-14(9-7-13)19(10-11-19)17-21-20-16-15(18(2,3)23)5-4-12-22(16)17;1-14-6-8-16(9-7-14)19(10-11-19)18-21-20-17-15(5-3-13-23)4-2-12-22(17)18;1-13(2)16-5-4-12-22-17(16)20-21-18(22)19(10-11-19)15-8-6-14(3)7-9-15;1-12-4-6-14(7-5-12)17(8-9-17)16-19-18-15-13(11-21)3-2-10-20(15)16/h5,7-11,14H,6,12-13H2,1-4H3;2,4-8,13,24H,3,9-12H2,1H3;4-9,12,23H,10-11H2,1-3H3;2,4,6-9,12,23H,3,5,10-11,13H2,1H3;4-9,12H,1,10-11H2,2-3H3;2-7,10,21H,8-9,11H2,1H3. The van der Waals surface area contributed by atoms with E-state index in [-0.39, 0.29) is 51.7 Å². The zero-order valence-electron chi connectivity index (χ0n) is 82.3. The van der Waals surface area contributed by atoms with Crippen LogP contribution in [0.2, 0.25) is 0 Å².